The maximum absolute atomic E-state index is 13.7. The predicted octanol–water partition coefficient (Wildman–Crippen LogP) is 3.57. The number of nitrogens with zero attached hydrogens (tertiary/aromatic N) is 1. The second-order valence-corrected chi connectivity index (χ2v) is 6.31. The number of carbonyl (C=O) groups is 2. The summed E-state index contributed by atoms with van der Waals surface area (Å²) in [6.07, 6.45) is 0.637. The number of hydrogen-bond acceptors (Lipinski definition) is 2. The number of halogens is 3. The van der Waals surface area contributed by atoms with E-state index in [1.54, 1.807) is 12.1 Å². The third-order valence-electron chi connectivity index (χ3n) is 4.17. The van der Waals surface area contributed by atoms with Crippen molar-refractivity contribution in [3.63, 3.8) is 0 Å². The van der Waals surface area contributed by atoms with Crippen LogP contribution in [0.15, 0.2) is 42.5 Å². The summed E-state index contributed by atoms with van der Waals surface area (Å²) in [7, 11) is 0. The van der Waals surface area contributed by atoms with Gasteiger partial charge >= 0.3 is 11.8 Å². The molecule has 0 spiro atoms. The Kier molecular flexibility index (Phi) is 4.99. The van der Waals surface area contributed by atoms with Crippen molar-refractivity contribution in [2.45, 2.75) is 12.3 Å². The van der Waals surface area contributed by atoms with Crippen LogP contribution in [-0.4, -0.2) is 29.8 Å². The van der Waals surface area contributed by atoms with E-state index in [0.29, 0.717) is 19.5 Å². The average molecular weight is 365 g/mol. The summed E-state index contributed by atoms with van der Waals surface area (Å²) in [5.74, 6) is -2.74. The van der Waals surface area contributed by atoms with E-state index in [9.17, 15) is 18.4 Å². The van der Waals surface area contributed by atoms with Crippen LogP contribution >= 0.6 is 11.6 Å². The molecule has 4 nitrogen and oxygen atoms in total. The maximum Gasteiger partial charge on any atom is 0.313 e. The predicted molar refractivity (Wildman–Crippen MR) is 90.4 cm³/mol. The highest BCUT2D eigenvalue weighted by Gasteiger charge is 2.31. The van der Waals surface area contributed by atoms with E-state index in [1.165, 1.54) is 29.2 Å². The van der Waals surface area contributed by atoms with Gasteiger partial charge in [0.2, 0.25) is 0 Å². The summed E-state index contributed by atoms with van der Waals surface area (Å²) in [6, 6.07) is 9.97. The van der Waals surface area contributed by atoms with Crippen LogP contribution in [0.1, 0.15) is 17.9 Å². The fourth-order valence-corrected chi connectivity index (χ4v) is 3.05. The highest BCUT2D eigenvalue weighted by Crippen LogP contribution is 2.28. The van der Waals surface area contributed by atoms with E-state index in [-0.39, 0.29) is 22.4 Å². The van der Waals surface area contributed by atoms with Crippen LogP contribution in [0.3, 0.4) is 0 Å². The van der Waals surface area contributed by atoms with Gasteiger partial charge in [0.05, 0.1) is 5.69 Å². The molecule has 0 aliphatic carbocycles. The number of hydrogen-bond donors (Lipinski definition) is 1. The summed E-state index contributed by atoms with van der Waals surface area (Å²) in [5, 5.41) is 2.45. The molecule has 1 N–H and O–H groups in total. The second kappa shape index (κ2) is 7.19. The molecule has 1 unspecified atom stereocenters. The molecular weight excluding hydrogens is 350 g/mol. The van der Waals surface area contributed by atoms with Gasteiger partial charge in [-0.05, 0) is 42.3 Å². The highest BCUT2D eigenvalue weighted by molar-refractivity contribution is 6.39. The summed E-state index contributed by atoms with van der Waals surface area (Å²) < 4.78 is 27.0. The average Bonchev–Trinajstić information content (AvgIpc) is 3.06. The Morgan fingerprint density at radius 2 is 1.96 bits per heavy atom. The number of benzene rings is 2. The van der Waals surface area contributed by atoms with E-state index in [0.717, 1.165) is 11.6 Å². The first-order valence-electron chi connectivity index (χ1n) is 7.75. The lowest BCUT2D eigenvalue weighted by atomic mass is 9.98. The lowest BCUT2D eigenvalue weighted by Gasteiger charge is -2.16. The second-order valence-electron chi connectivity index (χ2n) is 5.87. The molecule has 0 radical (unpaired) electrons. The minimum Gasteiger partial charge on any atom is -0.334 e. The lowest BCUT2D eigenvalue weighted by Crippen LogP contribution is -2.38. The van der Waals surface area contributed by atoms with Crippen LogP contribution in [0, 0.1) is 11.6 Å². The van der Waals surface area contributed by atoms with Crippen molar-refractivity contribution in [2.24, 2.45) is 0 Å². The summed E-state index contributed by atoms with van der Waals surface area (Å²) in [5.41, 5.74) is 0.683. The van der Waals surface area contributed by atoms with Gasteiger partial charge in [0.1, 0.15) is 11.6 Å². The minimum absolute atomic E-state index is 0.0280. The summed E-state index contributed by atoms with van der Waals surface area (Å²) in [6.45, 7) is 0.704. The quantitative estimate of drug-likeness (QED) is 0.828. The molecule has 1 atom stereocenters. The third-order valence-corrected chi connectivity index (χ3v) is 4.40. The van der Waals surface area contributed by atoms with Gasteiger partial charge in [0.15, 0.2) is 0 Å². The summed E-state index contributed by atoms with van der Waals surface area (Å²) >= 11 is 5.65. The number of carbonyl (C=O) groups excluding carboxylic acids is 2. The fraction of sp³-hybridized carbons (Fsp3) is 0.222. The zero-order chi connectivity index (χ0) is 18.0. The van der Waals surface area contributed by atoms with Crippen molar-refractivity contribution in [1.29, 1.82) is 0 Å². The standard InChI is InChI=1S/C18H15ClF2N2O2/c19-13-4-5-16(15(21)9-13)22-17(24)18(25)23-7-6-12(10-23)11-2-1-3-14(20)8-11/h1-5,8-9,12H,6-7,10H2,(H,22,24). The number of amides is 2. The number of nitrogens with one attached hydrogen (secondary N) is 1. The highest BCUT2D eigenvalue weighted by atomic mass is 35.5. The lowest BCUT2D eigenvalue weighted by molar-refractivity contribution is -0.142. The first-order valence-corrected chi connectivity index (χ1v) is 8.12. The van der Waals surface area contributed by atoms with Crippen LogP contribution in [0.2, 0.25) is 5.02 Å². The van der Waals surface area contributed by atoms with Crippen LogP contribution in [-0.2, 0) is 9.59 Å². The molecule has 2 aromatic rings. The van der Waals surface area contributed by atoms with Gasteiger partial charge in [-0.25, -0.2) is 8.78 Å². The molecule has 25 heavy (non-hydrogen) atoms. The van der Waals surface area contributed by atoms with Gasteiger partial charge in [-0.1, -0.05) is 23.7 Å². The zero-order valence-corrected chi connectivity index (χ0v) is 13.9. The van der Waals surface area contributed by atoms with Crippen LogP contribution in [0.4, 0.5) is 14.5 Å². The molecule has 2 amide bonds. The third kappa shape index (κ3) is 3.96. The van der Waals surface area contributed by atoms with Crippen LogP contribution < -0.4 is 5.32 Å². The van der Waals surface area contributed by atoms with Crippen molar-refractivity contribution in [3.8, 4) is 0 Å². The van der Waals surface area contributed by atoms with Gasteiger partial charge < -0.3 is 10.2 Å². The van der Waals surface area contributed by atoms with Gasteiger partial charge in [-0.3, -0.25) is 9.59 Å². The zero-order valence-electron chi connectivity index (χ0n) is 13.1. The molecule has 0 bridgehead atoms. The van der Waals surface area contributed by atoms with Gasteiger partial charge in [0.25, 0.3) is 0 Å². The van der Waals surface area contributed by atoms with E-state index in [4.69, 9.17) is 11.6 Å². The van der Waals surface area contributed by atoms with E-state index in [1.807, 2.05) is 0 Å². The molecule has 3 rings (SSSR count). The molecule has 1 saturated heterocycles. The molecule has 0 aromatic heterocycles. The Morgan fingerprint density at radius 1 is 1.16 bits per heavy atom. The Morgan fingerprint density at radius 3 is 2.68 bits per heavy atom. The molecule has 1 heterocycles. The Hall–Kier alpha value is -2.47. The Bertz CT molecular complexity index is 828. The monoisotopic (exact) mass is 364 g/mol. The molecule has 2 aromatic carbocycles. The maximum atomic E-state index is 13.7. The molecule has 1 aliphatic heterocycles. The van der Waals surface area contributed by atoms with Crippen molar-refractivity contribution in [1.82, 2.24) is 4.90 Å². The van der Waals surface area contributed by atoms with E-state index >= 15 is 0 Å². The topological polar surface area (TPSA) is 49.4 Å². The van der Waals surface area contributed by atoms with Gasteiger partial charge in [-0.15, -0.1) is 0 Å². The molecule has 1 aliphatic rings. The molecule has 0 saturated carbocycles. The van der Waals surface area contributed by atoms with Crippen molar-refractivity contribution in [2.75, 3.05) is 18.4 Å². The largest absolute Gasteiger partial charge is 0.334 e. The summed E-state index contributed by atoms with van der Waals surface area (Å²) in [4.78, 5) is 25.7. The molecule has 7 heteroatoms. The van der Waals surface area contributed by atoms with Crippen molar-refractivity contribution in [3.05, 3.63) is 64.7 Å². The normalized spacial score (nSPS) is 16.8. The first kappa shape index (κ1) is 17.4. The fourth-order valence-electron chi connectivity index (χ4n) is 2.89. The smallest absolute Gasteiger partial charge is 0.313 e. The Labute approximate surface area is 148 Å². The van der Waals surface area contributed by atoms with Crippen LogP contribution in [0.25, 0.3) is 0 Å². The van der Waals surface area contributed by atoms with Crippen molar-refractivity contribution < 1.29 is 18.4 Å². The molecule has 1 fully saturated rings. The molecular formula is C18H15ClF2N2O2. The molecule has 130 valence electrons. The van der Waals surface area contributed by atoms with E-state index in [2.05, 4.69) is 5.32 Å². The Balaban J connectivity index is 1.64. The van der Waals surface area contributed by atoms with E-state index < -0.39 is 17.6 Å². The minimum atomic E-state index is -0.916. The van der Waals surface area contributed by atoms with Crippen LogP contribution in [0.5, 0.6) is 0 Å². The number of likely N-dealkylation sites (tertiary alicyclic amines) is 1. The van der Waals surface area contributed by atoms with Gasteiger partial charge in [-0.2, -0.15) is 0 Å². The van der Waals surface area contributed by atoms with Crippen molar-refractivity contribution >= 4 is 29.1 Å². The number of rotatable bonds is 2. The first-order chi connectivity index (χ1) is 11.9. The SMILES string of the molecule is O=C(Nc1ccc(Cl)cc1F)C(=O)N1CCC(c2cccc(F)c2)C1. The number of anilines is 1. The van der Waals surface area contributed by atoms with Gasteiger partial charge in [0, 0.05) is 24.0 Å².